The fourth-order valence-corrected chi connectivity index (χ4v) is 10.0. The Morgan fingerprint density at radius 3 is 1.81 bits per heavy atom. The first-order chi connectivity index (χ1) is 30.4. The minimum Gasteiger partial charge on any atom is -0.309 e. The van der Waals surface area contributed by atoms with Crippen LogP contribution in [0.2, 0.25) is 0 Å². The van der Waals surface area contributed by atoms with Crippen molar-refractivity contribution in [3.05, 3.63) is 206 Å². The summed E-state index contributed by atoms with van der Waals surface area (Å²) in [6, 6.07) is 60.2. The summed E-state index contributed by atoms with van der Waals surface area (Å²) in [4.78, 5) is 0. The zero-order valence-electron chi connectivity index (χ0n) is 35.5. The Labute approximate surface area is 340 Å². The first kappa shape index (κ1) is 27.4. The van der Waals surface area contributed by atoms with Crippen LogP contribution in [0.1, 0.15) is 6.85 Å². The molecular weight excluding hydrogens is 709 g/mol. The molecule has 0 unspecified atom stereocenters. The topological polar surface area (TPSA) is 9.86 Å². The molecule has 0 saturated heterocycles. The van der Waals surface area contributed by atoms with Crippen LogP contribution in [0, 0.1) is 0 Å². The molecule has 9 aromatic carbocycles. The van der Waals surface area contributed by atoms with Gasteiger partial charge >= 0.3 is 0 Å². The summed E-state index contributed by atoms with van der Waals surface area (Å²) in [5.74, 6) is 0. The maximum atomic E-state index is 9.06. The van der Waals surface area contributed by atoms with Crippen LogP contribution in [-0.2, 0) is 0 Å². The van der Waals surface area contributed by atoms with Crippen molar-refractivity contribution in [2.24, 2.45) is 0 Å². The first-order valence-electron chi connectivity index (χ1n) is 21.6. The highest BCUT2D eigenvalue weighted by molar-refractivity contribution is 7.25. The van der Waals surface area contributed by atoms with E-state index in [4.69, 9.17) is 6.85 Å². The van der Waals surface area contributed by atoms with Gasteiger partial charge in [-0.05, 0) is 100 Å². The molecule has 12 rings (SSSR count). The van der Waals surface area contributed by atoms with Gasteiger partial charge < -0.3 is 9.13 Å². The summed E-state index contributed by atoms with van der Waals surface area (Å²) in [5.41, 5.74) is 11.4. The van der Waals surface area contributed by atoms with Gasteiger partial charge in [0.1, 0.15) is 0 Å². The summed E-state index contributed by atoms with van der Waals surface area (Å²) < 4.78 is 50.7. The third-order valence-corrected chi connectivity index (χ3v) is 12.6. The zero-order valence-corrected chi connectivity index (χ0v) is 31.4. The van der Waals surface area contributed by atoms with Crippen LogP contribution in [0.15, 0.2) is 206 Å². The van der Waals surface area contributed by atoms with E-state index < -0.39 is 6.04 Å². The van der Waals surface area contributed by atoms with Gasteiger partial charge in [-0.1, -0.05) is 139 Å². The number of para-hydroxylation sites is 1. The van der Waals surface area contributed by atoms with Crippen LogP contribution < -0.4 is 0 Å². The second-order valence-corrected chi connectivity index (χ2v) is 15.6. The predicted molar refractivity (Wildman–Crippen MR) is 244 cm³/mol. The Bertz CT molecular complexity index is 3780. The number of benzene rings is 9. The van der Waals surface area contributed by atoms with E-state index in [-0.39, 0.29) is 29.7 Å². The lowest BCUT2D eigenvalue weighted by atomic mass is 9.97. The van der Waals surface area contributed by atoms with E-state index >= 15 is 0 Å². The average molecular weight is 748 g/mol. The number of aromatic nitrogens is 2. The van der Waals surface area contributed by atoms with Crippen molar-refractivity contribution >= 4 is 75.1 Å². The molecule has 0 bridgehead atoms. The van der Waals surface area contributed by atoms with Crippen molar-refractivity contribution in [2.75, 3.05) is 0 Å². The number of hydrogen-bond acceptors (Lipinski definition) is 1. The second kappa shape index (κ2) is 12.7. The molecule has 57 heavy (non-hydrogen) atoms. The van der Waals surface area contributed by atoms with E-state index in [1.54, 1.807) is 11.3 Å². The third-order valence-electron chi connectivity index (χ3n) is 11.4. The predicted octanol–water partition coefficient (Wildman–Crippen LogP) is 15.2. The molecule has 0 fully saturated rings. The van der Waals surface area contributed by atoms with Gasteiger partial charge in [-0.3, -0.25) is 0 Å². The molecule has 3 aromatic heterocycles. The molecule has 0 N–H and O–H groups in total. The molecular formula is C54H34N2S. The normalized spacial score (nSPS) is 13.1. The van der Waals surface area contributed by atoms with Crippen LogP contribution in [-0.4, -0.2) is 9.13 Å². The van der Waals surface area contributed by atoms with E-state index in [0.29, 0.717) is 5.56 Å². The van der Waals surface area contributed by atoms with Crippen molar-refractivity contribution in [3.63, 3.8) is 0 Å². The summed E-state index contributed by atoms with van der Waals surface area (Å²) in [5, 5.41) is 6.39. The SMILES string of the molecule is [2H]c1c([2H])c([2H])c(-c2cccc3c2c2cc(-c4ccc5c(c4)c4ccccc4n5-c4ccc(-c5ccccc5)cc4)ccc2n3-c2cccc3sc4ccccc4c23)c([2H])c1[2H]. The van der Waals surface area contributed by atoms with Crippen molar-refractivity contribution in [1.29, 1.82) is 0 Å². The van der Waals surface area contributed by atoms with Crippen LogP contribution >= 0.6 is 11.3 Å². The summed E-state index contributed by atoms with van der Waals surface area (Å²) in [7, 11) is 0. The number of thiophene rings is 1. The molecule has 0 aliphatic rings. The molecule has 3 heterocycles. The molecule has 0 atom stereocenters. The fourth-order valence-electron chi connectivity index (χ4n) is 8.91. The second-order valence-electron chi connectivity index (χ2n) is 14.5. The van der Waals surface area contributed by atoms with Crippen LogP contribution in [0.4, 0.5) is 0 Å². The molecule has 0 radical (unpaired) electrons. The van der Waals surface area contributed by atoms with Crippen molar-refractivity contribution in [1.82, 2.24) is 9.13 Å². The van der Waals surface area contributed by atoms with E-state index in [0.717, 1.165) is 71.5 Å². The van der Waals surface area contributed by atoms with Gasteiger partial charge in [0.05, 0.1) is 34.6 Å². The van der Waals surface area contributed by atoms with Gasteiger partial charge in [0, 0.05) is 47.4 Å². The third kappa shape index (κ3) is 4.96. The molecule has 2 nitrogen and oxygen atoms in total. The standard InChI is InChI=1S/C54H34N2S/c1-3-13-35(14-4-1)36-25-29-40(30-26-36)55-46-20-9-7-17-42(46)44-33-38(27-31-47(44)55)39-28-32-48-45(34-39)53-41(37-15-5-2-6-16-37)19-11-21-49(53)56(48)50-22-12-24-52-54(50)43-18-8-10-23-51(43)57-52/h1-34H/i2D,5D,6D,15D,16D. The lowest BCUT2D eigenvalue weighted by Crippen LogP contribution is -1.94. The Morgan fingerprint density at radius 2 is 0.982 bits per heavy atom. The molecule has 0 aliphatic carbocycles. The highest BCUT2D eigenvalue weighted by atomic mass is 32.1. The summed E-state index contributed by atoms with van der Waals surface area (Å²) in [6.07, 6.45) is 0. The summed E-state index contributed by atoms with van der Waals surface area (Å²) >= 11 is 1.77. The molecule has 12 aromatic rings. The lowest BCUT2D eigenvalue weighted by molar-refractivity contribution is 1.18. The van der Waals surface area contributed by atoms with Gasteiger partial charge in [0.2, 0.25) is 0 Å². The van der Waals surface area contributed by atoms with Gasteiger partial charge in [-0.25, -0.2) is 0 Å². The van der Waals surface area contributed by atoms with Gasteiger partial charge in [0.15, 0.2) is 0 Å². The van der Waals surface area contributed by atoms with Crippen molar-refractivity contribution in [2.45, 2.75) is 0 Å². The molecule has 3 heteroatoms. The number of hydrogen-bond donors (Lipinski definition) is 0. The lowest BCUT2D eigenvalue weighted by Gasteiger charge is -2.11. The summed E-state index contributed by atoms with van der Waals surface area (Å²) in [6.45, 7) is 0. The molecule has 0 saturated carbocycles. The number of fused-ring (bicyclic) bond motifs is 9. The molecule has 0 aliphatic heterocycles. The van der Waals surface area contributed by atoms with Gasteiger partial charge in [0.25, 0.3) is 0 Å². The van der Waals surface area contributed by atoms with Crippen molar-refractivity contribution < 1.29 is 6.85 Å². The highest BCUT2D eigenvalue weighted by Crippen LogP contribution is 2.44. The Hall–Kier alpha value is -7.20. The first-order valence-corrected chi connectivity index (χ1v) is 19.9. The highest BCUT2D eigenvalue weighted by Gasteiger charge is 2.20. The maximum Gasteiger partial charge on any atom is 0.0629 e. The van der Waals surface area contributed by atoms with Gasteiger partial charge in [-0.15, -0.1) is 11.3 Å². The molecule has 0 amide bonds. The number of rotatable bonds is 5. The number of nitrogens with zero attached hydrogens (tertiary/aromatic N) is 2. The smallest absolute Gasteiger partial charge is 0.0629 e. The largest absolute Gasteiger partial charge is 0.309 e. The van der Waals surface area contributed by atoms with Gasteiger partial charge in [-0.2, -0.15) is 0 Å². The van der Waals surface area contributed by atoms with Crippen LogP contribution in [0.25, 0.3) is 109 Å². The average Bonchev–Trinajstić information content (AvgIpc) is 3.98. The Kier molecular flexibility index (Phi) is 6.09. The van der Waals surface area contributed by atoms with Crippen molar-refractivity contribution in [3.8, 4) is 44.8 Å². The quantitative estimate of drug-likeness (QED) is 0.166. The Morgan fingerprint density at radius 1 is 0.368 bits per heavy atom. The van der Waals surface area contributed by atoms with E-state index in [9.17, 15) is 0 Å². The van der Waals surface area contributed by atoms with Crippen LogP contribution in [0.5, 0.6) is 0 Å². The van der Waals surface area contributed by atoms with E-state index in [2.05, 4.69) is 167 Å². The minimum absolute atomic E-state index is 0.191. The Balaban J connectivity index is 1.10. The molecule has 266 valence electrons. The van der Waals surface area contributed by atoms with Crippen LogP contribution in [0.3, 0.4) is 0 Å². The fraction of sp³-hybridized carbons (Fsp3) is 0. The van der Waals surface area contributed by atoms with E-state index in [1.165, 1.54) is 25.9 Å². The maximum absolute atomic E-state index is 9.06. The van der Waals surface area contributed by atoms with E-state index in [1.807, 2.05) is 18.2 Å². The monoisotopic (exact) mass is 747 g/mol. The minimum atomic E-state index is -0.405. The molecule has 0 spiro atoms. The zero-order chi connectivity index (χ0) is 41.8.